The Labute approximate surface area is 135 Å². The molecule has 1 aromatic carbocycles. The van der Waals surface area contributed by atoms with Gasteiger partial charge >= 0.3 is 6.18 Å². The minimum atomic E-state index is -4.46. The zero-order chi connectivity index (χ0) is 17.1. The molecule has 0 aliphatic carbocycles. The molecule has 0 saturated carbocycles. The van der Waals surface area contributed by atoms with E-state index in [0.717, 1.165) is 18.9 Å². The Morgan fingerprint density at radius 3 is 2.43 bits per heavy atom. The molecule has 1 heterocycles. The van der Waals surface area contributed by atoms with Gasteiger partial charge in [0.05, 0.1) is 6.61 Å². The molecule has 0 saturated heterocycles. The van der Waals surface area contributed by atoms with Crippen LogP contribution in [0.3, 0.4) is 0 Å². The molecule has 128 valence electrons. The summed E-state index contributed by atoms with van der Waals surface area (Å²) in [5.74, 6) is 1.20. The highest BCUT2D eigenvalue weighted by Gasteiger charge is 2.55. The fourth-order valence-electron chi connectivity index (χ4n) is 2.57. The van der Waals surface area contributed by atoms with Gasteiger partial charge in [0.15, 0.2) is 0 Å². The summed E-state index contributed by atoms with van der Waals surface area (Å²) in [4.78, 5) is 0. The normalized spacial score (nSPS) is 20.3. The van der Waals surface area contributed by atoms with Crippen LogP contribution in [0, 0.1) is 5.92 Å². The van der Waals surface area contributed by atoms with E-state index in [9.17, 15) is 13.2 Å². The van der Waals surface area contributed by atoms with Crippen LogP contribution < -0.4 is 9.47 Å². The van der Waals surface area contributed by atoms with Crippen molar-refractivity contribution in [3.05, 3.63) is 29.8 Å². The molecule has 1 aromatic rings. The van der Waals surface area contributed by atoms with Gasteiger partial charge in [-0.15, -0.1) is 0 Å². The SMILES string of the molecule is CCC(CC)COc1ccc2c(c1)OC(CC)(C(F)(F)F)C=C2. The van der Waals surface area contributed by atoms with E-state index in [1.54, 1.807) is 18.2 Å². The fraction of sp³-hybridized carbons (Fsp3) is 0.556. The Balaban J connectivity index is 2.20. The third kappa shape index (κ3) is 3.65. The highest BCUT2D eigenvalue weighted by atomic mass is 19.4. The number of benzene rings is 1. The summed E-state index contributed by atoms with van der Waals surface area (Å²) in [7, 11) is 0. The molecular weight excluding hydrogens is 305 g/mol. The van der Waals surface area contributed by atoms with Crippen LogP contribution in [-0.4, -0.2) is 18.4 Å². The van der Waals surface area contributed by atoms with Gasteiger partial charge in [-0.2, -0.15) is 13.2 Å². The summed E-state index contributed by atoms with van der Waals surface area (Å²) in [6.45, 7) is 6.21. The predicted octanol–water partition coefficient (Wildman–Crippen LogP) is 5.62. The first-order valence-corrected chi connectivity index (χ1v) is 8.07. The summed E-state index contributed by atoms with van der Waals surface area (Å²) >= 11 is 0. The van der Waals surface area contributed by atoms with E-state index in [4.69, 9.17) is 9.47 Å². The second-order valence-corrected chi connectivity index (χ2v) is 5.87. The number of halogens is 3. The summed E-state index contributed by atoms with van der Waals surface area (Å²) in [6, 6.07) is 5.04. The Kier molecular flexibility index (Phi) is 5.27. The maximum absolute atomic E-state index is 13.3. The van der Waals surface area contributed by atoms with Crippen LogP contribution >= 0.6 is 0 Å². The van der Waals surface area contributed by atoms with Gasteiger partial charge in [0, 0.05) is 11.6 Å². The standard InChI is InChI=1S/C18H23F3O2/c1-4-13(5-2)12-22-15-8-7-14-9-10-17(6-3,18(19,20)21)23-16(14)11-15/h7-11,13H,4-6,12H2,1-3H3. The molecule has 1 unspecified atom stereocenters. The van der Waals surface area contributed by atoms with Gasteiger partial charge in [-0.05, 0) is 30.5 Å². The van der Waals surface area contributed by atoms with Crippen molar-refractivity contribution in [2.24, 2.45) is 5.92 Å². The summed E-state index contributed by atoms with van der Waals surface area (Å²) in [6.07, 6.45) is -0.0461. The molecule has 1 aliphatic heterocycles. The summed E-state index contributed by atoms with van der Waals surface area (Å²) in [5.41, 5.74) is -1.62. The van der Waals surface area contributed by atoms with E-state index < -0.39 is 11.8 Å². The fourth-order valence-corrected chi connectivity index (χ4v) is 2.57. The Bertz CT molecular complexity index is 562. The molecule has 0 radical (unpaired) electrons. The predicted molar refractivity (Wildman–Crippen MR) is 84.7 cm³/mol. The van der Waals surface area contributed by atoms with E-state index >= 15 is 0 Å². The third-order valence-electron chi connectivity index (χ3n) is 4.45. The number of hydrogen-bond donors (Lipinski definition) is 0. The van der Waals surface area contributed by atoms with Crippen molar-refractivity contribution in [3.63, 3.8) is 0 Å². The Morgan fingerprint density at radius 2 is 1.87 bits per heavy atom. The van der Waals surface area contributed by atoms with E-state index in [0.29, 0.717) is 23.8 Å². The number of hydrogen-bond acceptors (Lipinski definition) is 2. The molecule has 2 nitrogen and oxygen atoms in total. The lowest BCUT2D eigenvalue weighted by molar-refractivity contribution is -0.230. The largest absolute Gasteiger partial charge is 0.493 e. The average Bonchev–Trinajstić information content (AvgIpc) is 2.54. The minimum absolute atomic E-state index is 0.175. The van der Waals surface area contributed by atoms with Crippen molar-refractivity contribution in [2.75, 3.05) is 6.61 Å². The second-order valence-electron chi connectivity index (χ2n) is 5.87. The van der Waals surface area contributed by atoms with E-state index in [1.807, 2.05) is 0 Å². The van der Waals surface area contributed by atoms with Crippen molar-refractivity contribution in [1.82, 2.24) is 0 Å². The van der Waals surface area contributed by atoms with Crippen LogP contribution in [0.25, 0.3) is 6.08 Å². The van der Waals surface area contributed by atoms with Crippen LogP contribution in [0.5, 0.6) is 11.5 Å². The van der Waals surface area contributed by atoms with Gasteiger partial charge in [-0.3, -0.25) is 0 Å². The molecule has 0 N–H and O–H groups in total. The Morgan fingerprint density at radius 1 is 1.17 bits per heavy atom. The molecule has 0 bridgehead atoms. The lowest BCUT2D eigenvalue weighted by Crippen LogP contribution is -2.49. The molecule has 1 atom stereocenters. The maximum Gasteiger partial charge on any atom is 0.432 e. The quantitative estimate of drug-likeness (QED) is 0.675. The molecular formula is C18H23F3O2. The van der Waals surface area contributed by atoms with Crippen molar-refractivity contribution in [3.8, 4) is 11.5 Å². The third-order valence-corrected chi connectivity index (χ3v) is 4.45. The van der Waals surface area contributed by atoms with Crippen molar-refractivity contribution < 1.29 is 22.6 Å². The second kappa shape index (κ2) is 6.85. The van der Waals surface area contributed by atoms with Crippen LogP contribution in [0.2, 0.25) is 0 Å². The molecule has 5 heteroatoms. The van der Waals surface area contributed by atoms with Crippen molar-refractivity contribution in [2.45, 2.75) is 51.8 Å². The van der Waals surface area contributed by atoms with Crippen LogP contribution in [0.15, 0.2) is 24.3 Å². The zero-order valence-electron chi connectivity index (χ0n) is 13.7. The van der Waals surface area contributed by atoms with Crippen molar-refractivity contribution >= 4 is 6.08 Å². The van der Waals surface area contributed by atoms with Gasteiger partial charge in [-0.1, -0.05) is 39.7 Å². The first-order chi connectivity index (χ1) is 10.8. The highest BCUT2D eigenvalue weighted by molar-refractivity contribution is 5.63. The number of ether oxygens (including phenoxy) is 2. The van der Waals surface area contributed by atoms with E-state index in [-0.39, 0.29) is 12.2 Å². The average molecular weight is 328 g/mol. The molecule has 0 amide bonds. The lowest BCUT2D eigenvalue weighted by Gasteiger charge is -2.35. The number of alkyl halides is 3. The molecule has 23 heavy (non-hydrogen) atoms. The summed E-state index contributed by atoms with van der Waals surface area (Å²) < 4.78 is 51.0. The first-order valence-electron chi connectivity index (χ1n) is 8.07. The van der Waals surface area contributed by atoms with Gasteiger partial charge < -0.3 is 9.47 Å². The molecule has 0 fully saturated rings. The van der Waals surface area contributed by atoms with E-state index in [1.165, 1.54) is 13.0 Å². The lowest BCUT2D eigenvalue weighted by atomic mass is 9.95. The maximum atomic E-state index is 13.3. The van der Waals surface area contributed by atoms with Crippen LogP contribution in [-0.2, 0) is 0 Å². The molecule has 0 aromatic heterocycles. The smallest absolute Gasteiger partial charge is 0.432 e. The highest BCUT2D eigenvalue weighted by Crippen LogP contribution is 2.43. The van der Waals surface area contributed by atoms with Gasteiger partial charge in [0.1, 0.15) is 11.5 Å². The first kappa shape index (κ1) is 17.7. The molecule has 1 aliphatic rings. The minimum Gasteiger partial charge on any atom is -0.493 e. The van der Waals surface area contributed by atoms with Gasteiger partial charge in [0.25, 0.3) is 0 Å². The van der Waals surface area contributed by atoms with Crippen molar-refractivity contribution in [1.29, 1.82) is 0 Å². The zero-order valence-corrected chi connectivity index (χ0v) is 13.7. The Hall–Kier alpha value is -1.65. The van der Waals surface area contributed by atoms with Crippen LogP contribution in [0.4, 0.5) is 13.2 Å². The van der Waals surface area contributed by atoms with Gasteiger partial charge in [-0.25, -0.2) is 0 Å². The number of fused-ring (bicyclic) bond motifs is 1. The topological polar surface area (TPSA) is 18.5 Å². The monoisotopic (exact) mass is 328 g/mol. The van der Waals surface area contributed by atoms with Crippen LogP contribution in [0.1, 0.15) is 45.6 Å². The summed E-state index contributed by atoms with van der Waals surface area (Å²) in [5, 5.41) is 0. The van der Waals surface area contributed by atoms with E-state index in [2.05, 4.69) is 13.8 Å². The molecule has 0 spiro atoms. The van der Waals surface area contributed by atoms with Gasteiger partial charge in [0.2, 0.25) is 5.60 Å². The number of rotatable bonds is 6. The molecule has 2 rings (SSSR count).